The van der Waals surface area contributed by atoms with E-state index in [1.807, 2.05) is 18.2 Å². The number of benzene rings is 1. The van der Waals surface area contributed by atoms with Gasteiger partial charge in [0.15, 0.2) is 17.5 Å². The summed E-state index contributed by atoms with van der Waals surface area (Å²) in [6.45, 7) is 1.81. The molecule has 1 fully saturated rings. The summed E-state index contributed by atoms with van der Waals surface area (Å²) in [4.78, 5) is 4.38. The van der Waals surface area contributed by atoms with E-state index in [1.165, 1.54) is 0 Å². The molecule has 1 aliphatic heterocycles. The number of fused-ring (bicyclic) bond motifs is 1. The minimum absolute atomic E-state index is 0. The summed E-state index contributed by atoms with van der Waals surface area (Å²) < 4.78 is 22.9. The molecule has 0 spiro atoms. The molecule has 3 N–H and O–H groups in total. The van der Waals surface area contributed by atoms with Gasteiger partial charge in [0.1, 0.15) is 0 Å². The topological polar surface area (TPSA) is 85.9 Å². The van der Waals surface area contributed by atoms with Gasteiger partial charge in [-0.1, -0.05) is 6.42 Å². The van der Waals surface area contributed by atoms with E-state index in [0.717, 1.165) is 37.1 Å². The molecule has 2 aliphatic rings. The van der Waals surface area contributed by atoms with Gasteiger partial charge in [0.05, 0.1) is 24.5 Å². The van der Waals surface area contributed by atoms with Crippen molar-refractivity contribution < 1.29 is 13.7 Å². The zero-order chi connectivity index (χ0) is 16.3. The maximum Gasteiger partial charge on any atom is 0.193 e. The van der Waals surface area contributed by atoms with Gasteiger partial charge in [0.25, 0.3) is 0 Å². The standard InChI is InChI=1S/C16H23N3O3S.HI/c1-23(20)16(6-2-7-16)11-18-15(17)19-12-4-5-13-14(10-12)22-9-3-8-21-13;/h4-5,10H,2-3,6-9,11H2,1H3,(H3,17,18,19);1H. The van der Waals surface area contributed by atoms with Crippen LogP contribution in [0, 0.1) is 0 Å². The van der Waals surface area contributed by atoms with Crippen molar-refractivity contribution in [2.24, 2.45) is 10.7 Å². The normalized spacial score (nSPS) is 20.1. The van der Waals surface area contributed by atoms with Crippen molar-refractivity contribution in [1.29, 1.82) is 0 Å². The number of hydrogen-bond acceptors (Lipinski definition) is 4. The summed E-state index contributed by atoms with van der Waals surface area (Å²) in [6, 6.07) is 5.61. The molecule has 3 rings (SSSR count). The van der Waals surface area contributed by atoms with Crippen LogP contribution in [0.2, 0.25) is 0 Å². The summed E-state index contributed by atoms with van der Waals surface area (Å²) in [5.74, 6) is 1.79. The molecule has 0 bridgehead atoms. The van der Waals surface area contributed by atoms with Crippen LogP contribution in [-0.2, 0) is 10.8 Å². The first-order valence-corrected chi connectivity index (χ1v) is 9.45. The zero-order valence-corrected chi connectivity index (χ0v) is 16.9. The first-order chi connectivity index (χ1) is 11.1. The van der Waals surface area contributed by atoms with Crippen molar-refractivity contribution >= 4 is 46.4 Å². The van der Waals surface area contributed by atoms with Crippen LogP contribution in [0.5, 0.6) is 11.5 Å². The van der Waals surface area contributed by atoms with Gasteiger partial charge in [0.2, 0.25) is 0 Å². The number of aliphatic imine (C=N–C) groups is 1. The number of nitrogens with zero attached hydrogens (tertiary/aromatic N) is 1. The van der Waals surface area contributed by atoms with Gasteiger partial charge >= 0.3 is 0 Å². The highest BCUT2D eigenvalue weighted by atomic mass is 127. The lowest BCUT2D eigenvalue weighted by molar-refractivity contribution is 0.297. The van der Waals surface area contributed by atoms with Gasteiger partial charge in [0, 0.05) is 35.2 Å². The van der Waals surface area contributed by atoms with Crippen molar-refractivity contribution in [2.45, 2.75) is 30.4 Å². The molecule has 0 amide bonds. The molecule has 1 heterocycles. The van der Waals surface area contributed by atoms with Crippen molar-refractivity contribution in [2.75, 3.05) is 31.3 Å². The summed E-state index contributed by atoms with van der Waals surface area (Å²) in [7, 11) is -0.876. The molecule has 1 aromatic carbocycles. The summed E-state index contributed by atoms with van der Waals surface area (Å²) in [5, 5.41) is 3.07. The van der Waals surface area contributed by atoms with Crippen molar-refractivity contribution in [3.8, 4) is 11.5 Å². The lowest BCUT2D eigenvalue weighted by Crippen LogP contribution is -2.44. The summed E-state index contributed by atoms with van der Waals surface area (Å²) in [5.41, 5.74) is 6.77. The predicted octanol–water partition coefficient (Wildman–Crippen LogP) is 2.49. The molecular formula is C16H24IN3O3S. The molecule has 8 heteroatoms. The maximum atomic E-state index is 11.9. The SMILES string of the molecule is CS(=O)C1(CN=C(N)Nc2ccc3c(c2)OCCCO3)CCC1.I. The van der Waals surface area contributed by atoms with E-state index in [1.54, 1.807) is 6.26 Å². The number of guanidine groups is 1. The van der Waals surface area contributed by atoms with E-state index in [-0.39, 0.29) is 28.7 Å². The fourth-order valence-corrected chi connectivity index (χ4v) is 3.88. The monoisotopic (exact) mass is 465 g/mol. The Bertz CT molecular complexity index is 635. The second-order valence-corrected chi connectivity index (χ2v) is 7.80. The van der Waals surface area contributed by atoms with E-state index < -0.39 is 10.8 Å². The highest BCUT2D eigenvalue weighted by Crippen LogP contribution is 2.37. The van der Waals surface area contributed by atoms with Gasteiger partial charge in [-0.2, -0.15) is 0 Å². The highest BCUT2D eigenvalue weighted by Gasteiger charge is 2.40. The summed E-state index contributed by atoms with van der Waals surface area (Å²) >= 11 is 0. The average Bonchev–Trinajstić information content (AvgIpc) is 2.70. The van der Waals surface area contributed by atoms with Crippen LogP contribution in [0.25, 0.3) is 0 Å². The van der Waals surface area contributed by atoms with Gasteiger partial charge in [-0.15, -0.1) is 24.0 Å². The van der Waals surface area contributed by atoms with Gasteiger partial charge in [-0.25, -0.2) is 0 Å². The Morgan fingerprint density at radius 3 is 2.62 bits per heavy atom. The lowest BCUT2D eigenvalue weighted by Gasteiger charge is -2.38. The molecule has 1 atom stereocenters. The molecule has 1 unspecified atom stereocenters. The maximum absolute atomic E-state index is 11.9. The van der Waals surface area contributed by atoms with Gasteiger partial charge < -0.3 is 20.5 Å². The molecule has 1 aliphatic carbocycles. The predicted molar refractivity (Wildman–Crippen MR) is 108 cm³/mol. The Labute approximate surface area is 162 Å². The van der Waals surface area contributed by atoms with Crippen LogP contribution >= 0.6 is 24.0 Å². The Kier molecular flexibility index (Phi) is 6.73. The average molecular weight is 465 g/mol. The third-order valence-electron chi connectivity index (χ3n) is 4.43. The fraction of sp³-hybridized carbons (Fsp3) is 0.562. The molecule has 134 valence electrons. The largest absolute Gasteiger partial charge is 0.490 e. The number of nitrogens with two attached hydrogens (primary N) is 1. The third-order valence-corrected chi connectivity index (χ3v) is 6.19. The molecule has 0 aromatic heterocycles. The molecule has 1 saturated carbocycles. The van der Waals surface area contributed by atoms with E-state index in [0.29, 0.717) is 31.5 Å². The first kappa shape index (κ1) is 19.3. The van der Waals surface area contributed by atoms with Crippen molar-refractivity contribution in [3.63, 3.8) is 0 Å². The third kappa shape index (κ3) is 4.33. The fourth-order valence-electron chi connectivity index (χ4n) is 2.77. The Morgan fingerprint density at radius 2 is 2.00 bits per heavy atom. The quantitative estimate of drug-likeness (QED) is 0.406. The van der Waals surface area contributed by atoms with Gasteiger partial charge in [-0.3, -0.25) is 9.20 Å². The van der Waals surface area contributed by atoms with E-state index in [4.69, 9.17) is 15.2 Å². The molecule has 0 radical (unpaired) electrons. The van der Waals surface area contributed by atoms with Gasteiger partial charge in [-0.05, 0) is 25.0 Å². The lowest BCUT2D eigenvalue weighted by atomic mass is 9.84. The Balaban J connectivity index is 0.00000208. The summed E-state index contributed by atoms with van der Waals surface area (Å²) in [6.07, 6.45) is 5.65. The molecule has 0 saturated heterocycles. The molecule has 1 aromatic rings. The molecule has 24 heavy (non-hydrogen) atoms. The van der Waals surface area contributed by atoms with Crippen LogP contribution in [0.3, 0.4) is 0 Å². The van der Waals surface area contributed by atoms with Crippen molar-refractivity contribution in [1.82, 2.24) is 0 Å². The van der Waals surface area contributed by atoms with Crippen LogP contribution in [-0.4, -0.2) is 40.9 Å². The van der Waals surface area contributed by atoms with Crippen LogP contribution in [0.1, 0.15) is 25.7 Å². The highest BCUT2D eigenvalue weighted by molar-refractivity contribution is 14.0. The van der Waals surface area contributed by atoms with E-state index in [2.05, 4.69) is 10.3 Å². The minimum Gasteiger partial charge on any atom is -0.490 e. The van der Waals surface area contributed by atoms with Crippen molar-refractivity contribution in [3.05, 3.63) is 18.2 Å². The van der Waals surface area contributed by atoms with Crippen LogP contribution < -0.4 is 20.5 Å². The smallest absolute Gasteiger partial charge is 0.193 e. The Morgan fingerprint density at radius 1 is 1.29 bits per heavy atom. The number of anilines is 1. The number of halogens is 1. The first-order valence-electron chi connectivity index (χ1n) is 7.89. The minimum atomic E-state index is -0.876. The van der Waals surface area contributed by atoms with Crippen LogP contribution in [0.15, 0.2) is 23.2 Å². The second kappa shape index (κ2) is 8.37. The number of hydrogen-bond donors (Lipinski definition) is 2. The zero-order valence-electron chi connectivity index (χ0n) is 13.7. The second-order valence-electron chi connectivity index (χ2n) is 6.03. The molecule has 6 nitrogen and oxygen atoms in total. The number of ether oxygens (including phenoxy) is 2. The number of rotatable bonds is 4. The van der Waals surface area contributed by atoms with Crippen LogP contribution in [0.4, 0.5) is 5.69 Å². The number of nitrogens with one attached hydrogen (secondary N) is 1. The van der Waals surface area contributed by atoms with E-state index >= 15 is 0 Å². The van der Waals surface area contributed by atoms with E-state index in [9.17, 15) is 4.21 Å². The Hall–Kier alpha value is -1.03. The molecular weight excluding hydrogens is 441 g/mol.